The molecule has 0 aliphatic carbocycles. The van der Waals surface area contributed by atoms with E-state index in [1.165, 1.54) is 6.07 Å². The van der Waals surface area contributed by atoms with Crippen molar-refractivity contribution < 1.29 is 13.5 Å². The summed E-state index contributed by atoms with van der Waals surface area (Å²) < 4.78 is 34.5. The van der Waals surface area contributed by atoms with E-state index in [0.717, 1.165) is 18.9 Å². The highest BCUT2D eigenvalue weighted by molar-refractivity contribution is 6.16. The molecule has 1 saturated heterocycles. The van der Waals surface area contributed by atoms with Gasteiger partial charge in [0.05, 0.1) is 24.0 Å². The maximum Gasteiger partial charge on any atom is 0.184 e. The average Bonchev–Trinajstić information content (AvgIpc) is 3.02. The summed E-state index contributed by atoms with van der Waals surface area (Å²) in [5, 5.41) is 0. The smallest absolute Gasteiger partial charge is 0.184 e. The molecule has 3 rings (SSSR count). The van der Waals surface area contributed by atoms with Crippen molar-refractivity contribution in [3.05, 3.63) is 29.6 Å². The van der Waals surface area contributed by atoms with E-state index in [9.17, 15) is 8.78 Å². The van der Waals surface area contributed by atoms with Crippen molar-refractivity contribution in [2.45, 2.75) is 31.4 Å². The monoisotopic (exact) mass is 286 g/mol. The van der Waals surface area contributed by atoms with Crippen LogP contribution >= 0.6 is 11.6 Å². The number of rotatable bonds is 3. The molecule has 2 aromatic rings. The lowest BCUT2D eigenvalue weighted by molar-refractivity contribution is 0.0972. The van der Waals surface area contributed by atoms with Crippen molar-refractivity contribution in [1.29, 1.82) is 0 Å². The first-order valence-corrected chi connectivity index (χ1v) is 6.75. The Morgan fingerprint density at radius 1 is 1.42 bits per heavy atom. The van der Waals surface area contributed by atoms with E-state index >= 15 is 0 Å². The zero-order chi connectivity index (χ0) is 13.4. The molecule has 1 fully saturated rings. The molecule has 2 heterocycles. The lowest BCUT2D eigenvalue weighted by Crippen LogP contribution is -2.17. The molecule has 1 aliphatic rings. The van der Waals surface area contributed by atoms with Crippen molar-refractivity contribution in [2.75, 3.05) is 6.61 Å². The minimum absolute atomic E-state index is 0.0158. The molecule has 102 valence electrons. The molecule has 3 nitrogen and oxygen atoms in total. The maximum absolute atomic E-state index is 14.0. The van der Waals surface area contributed by atoms with Crippen LogP contribution in [0.15, 0.2) is 12.1 Å². The van der Waals surface area contributed by atoms with E-state index in [0.29, 0.717) is 24.5 Å². The maximum atomic E-state index is 14.0. The second-order valence-corrected chi connectivity index (χ2v) is 4.90. The summed E-state index contributed by atoms with van der Waals surface area (Å²) in [5.41, 5.74) is 0.596. The summed E-state index contributed by atoms with van der Waals surface area (Å²) in [7, 11) is 0. The van der Waals surface area contributed by atoms with E-state index in [4.69, 9.17) is 16.3 Å². The van der Waals surface area contributed by atoms with Gasteiger partial charge in [-0.15, -0.1) is 11.6 Å². The summed E-state index contributed by atoms with van der Waals surface area (Å²) >= 11 is 5.84. The van der Waals surface area contributed by atoms with Crippen molar-refractivity contribution in [1.82, 2.24) is 9.55 Å². The number of hydrogen-bond donors (Lipinski definition) is 0. The van der Waals surface area contributed by atoms with Gasteiger partial charge in [0.2, 0.25) is 0 Å². The molecule has 0 saturated carbocycles. The minimum atomic E-state index is -0.876. The third-order valence-electron chi connectivity index (χ3n) is 3.41. The summed E-state index contributed by atoms with van der Waals surface area (Å²) in [6.45, 7) is 1.17. The molecule has 1 aromatic carbocycles. The van der Waals surface area contributed by atoms with Crippen LogP contribution in [-0.4, -0.2) is 22.3 Å². The molecule has 1 aliphatic heterocycles. The molecule has 0 amide bonds. The normalized spacial score (nSPS) is 19.4. The lowest BCUT2D eigenvalue weighted by Gasteiger charge is -2.13. The van der Waals surface area contributed by atoms with Crippen LogP contribution in [0.4, 0.5) is 8.78 Å². The molecule has 0 radical (unpaired) electrons. The van der Waals surface area contributed by atoms with E-state index in [2.05, 4.69) is 4.98 Å². The predicted octanol–water partition coefficient (Wildman–Crippen LogP) is 3.23. The Hall–Kier alpha value is -1.20. The first-order valence-electron chi connectivity index (χ1n) is 6.21. The Morgan fingerprint density at radius 2 is 2.26 bits per heavy atom. The van der Waals surface area contributed by atoms with Gasteiger partial charge >= 0.3 is 0 Å². The molecule has 0 bridgehead atoms. The zero-order valence-corrected chi connectivity index (χ0v) is 11.0. The van der Waals surface area contributed by atoms with Crippen molar-refractivity contribution in [3.63, 3.8) is 0 Å². The van der Waals surface area contributed by atoms with Crippen LogP contribution in [-0.2, 0) is 17.2 Å². The summed E-state index contributed by atoms with van der Waals surface area (Å²) in [6, 6.07) is 2.55. The van der Waals surface area contributed by atoms with Gasteiger partial charge in [0.1, 0.15) is 11.3 Å². The number of benzene rings is 1. The van der Waals surface area contributed by atoms with Gasteiger partial charge in [0, 0.05) is 6.61 Å². The largest absolute Gasteiger partial charge is 0.376 e. The standard InChI is InChI=1S/C13H13ClF2N2O/c14-6-11-17-10-4-3-9(15)12(16)13(10)18(11)7-8-2-1-5-19-8/h3-4,8H,1-2,5-7H2. The van der Waals surface area contributed by atoms with Gasteiger partial charge in [-0.25, -0.2) is 13.8 Å². The Labute approximate surface area is 114 Å². The number of nitrogens with zero attached hydrogens (tertiary/aromatic N) is 2. The molecule has 0 N–H and O–H groups in total. The highest BCUT2D eigenvalue weighted by Gasteiger charge is 2.22. The Kier molecular flexibility index (Phi) is 3.41. The first kappa shape index (κ1) is 12.8. The second kappa shape index (κ2) is 5.06. The number of ether oxygens (including phenoxy) is 1. The van der Waals surface area contributed by atoms with Crippen molar-refractivity contribution in [3.8, 4) is 0 Å². The van der Waals surface area contributed by atoms with E-state index in [-0.39, 0.29) is 17.5 Å². The van der Waals surface area contributed by atoms with Gasteiger partial charge in [-0.2, -0.15) is 0 Å². The fourth-order valence-electron chi connectivity index (χ4n) is 2.50. The van der Waals surface area contributed by atoms with Gasteiger partial charge in [-0.3, -0.25) is 0 Å². The third kappa shape index (κ3) is 2.21. The lowest BCUT2D eigenvalue weighted by atomic mass is 10.2. The van der Waals surface area contributed by atoms with Gasteiger partial charge in [0.15, 0.2) is 11.6 Å². The minimum Gasteiger partial charge on any atom is -0.376 e. The van der Waals surface area contributed by atoms with Crippen molar-refractivity contribution in [2.24, 2.45) is 0 Å². The van der Waals surface area contributed by atoms with E-state index in [1.54, 1.807) is 4.57 Å². The number of halogens is 3. The average molecular weight is 287 g/mol. The Bertz CT molecular complexity index is 608. The molecule has 1 unspecified atom stereocenters. The molecule has 1 atom stereocenters. The fraction of sp³-hybridized carbons (Fsp3) is 0.462. The van der Waals surface area contributed by atoms with Gasteiger partial charge in [-0.1, -0.05) is 0 Å². The number of hydrogen-bond acceptors (Lipinski definition) is 2. The zero-order valence-electron chi connectivity index (χ0n) is 10.2. The molecular formula is C13H13ClF2N2O. The second-order valence-electron chi connectivity index (χ2n) is 4.64. The topological polar surface area (TPSA) is 27.1 Å². The third-order valence-corrected chi connectivity index (χ3v) is 3.65. The number of fused-ring (bicyclic) bond motifs is 1. The van der Waals surface area contributed by atoms with Gasteiger partial charge in [-0.05, 0) is 25.0 Å². The SMILES string of the molecule is Fc1ccc2nc(CCl)n(CC3CCCO3)c2c1F. The van der Waals surface area contributed by atoms with Crippen LogP contribution in [0.1, 0.15) is 18.7 Å². The number of alkyl halides is 1. The van der Waals surface area contributed by atoms with Crippen LogP contribution < -0.4 is 0 Å². The summed E-state index contributed by atoms with van der Waals surface area (Å²) in [6.07, 6.45) is 1.92. The van der Waals surface area contributed by atoms with Gasteiger partial charge in [0.25, 0.3) is 0 Å². The number of aromatic nitrogens is 2. The highest BCUT2D eigenvalue weighted by Crippen LogP contribution is 2.25. The van der Waals surface area contributed by atoms with Crippen molar-refractivity contribution >= 4 is 22.6 Å². The van der Waals surface area contributed by atoms with Crippen LogP contribution in [0, 0.1) is 11.6 Å². The number of imidazole rings is 1. The molecule has 0 spiro atoms. The highest BCUT2D eigenvalue weighted by atomic mass is 35.5. The summed E-state index contributed by atoms with van der Waals surface area (Å²) in [5.74, 6) is -1.05. The fourth-order valence-corrected chi connectivity index (χ4v) is 2.70. The molecule has 1 aromatic heterocycles. The predicted molar refractivity (Wildman–Crippen MR) is 68.2 cm³/mol. The van der Waals surface area contributed by atoms with E-state index < -0.39 is 11.6 Å². The quantitative estimate of drug-likeness (QED) is 0.810. The van der Waals surface area contributed by atoms with E-state index in [1.807, 2.05) is 0 Å². The van der Waals surface area contributed by atoms with Crippen LogP contribution in [0.25, 0.3) is 11.0 Å². The Morgan fingerprint density at radius 3 is 2.95 bits per heavy atom. The molecular weight excluding hydrogens is 274 g/mol. The van der Waals surface area contributed by atoms with Gasteiger partial charge < -0.3 is 9.30 Å². The van der Waals surface area contributed by atoms with Crippen LogP contribution in [0.5, 0.6) is 0 Å². The Balaban J connectivity index is 2.10. The molecule has 19 heavy (non-hydrogen) atoms. The van der Waals surface area contributed by atoms with Crippen LogP contribution in [0.3, 0.4) is 0 Å². The molecule has 6 heteroatoms. The first-order chi connectivity index (χ1) is 9.20. The summed E-state index contributed by atoms with van der Waals surface area (Å²) in [4.78, 5) is 4.24. The van der Waals surface area contributed by atoms with Crippen LogP contribution in [0.2, 0.25) is 0 Å².